The lowest BCUT2D eigenvalue weighted by Gasteiger charge is -2.22. The third kappa shape index (κ3) is 9.60. The molecule has 0 bridgehead atoms. The summed E-state index contributed by atoms with van der Waals surface area (Å²) in [5.74, 6) is 1.15. The summed E-state index contributed by atoms with van der Waals surface area (Å²) in [7, 11) is 0. The van der Waals surface area contributed by atoms with Crippen LogP contribution in [0.2, 0.25) is 10.0 Å². The van der Waals surface area contributed by atoms with Crippen LogP contribution < -0.4 is 15.4 Å². The van der Waals surface area contributed by atoms with E-state index < -0.39 is 0 Å². The largest absolute Gasteiger partial charge is 0.343 e. The predicted octanol–water partition coefficient (Wildman–Crippen LogP) is 7.46. The number of nitrogens with one attached hydrogen (secondary N) is 1. The molecule has 196 valence electrons. The first-order chi connectivity index (χ1) is 17.4. The molecule has 1 aromatic heterocycles. The van der Waals surface area contributed by atoms with Gasteiger partial charge in [0.15, 0.2) is 5.13 Å². The van der Waals surface area contributed by atoms with Crippen LogP contribution in [0.5, 0.6) is 0 Å². The average molecular weight is 568 g/mol. The molecule has 1 heterocycles. The Morgan fingerprint density at radius 2 is 1.86 bits per heavy atom. The molecule has 3 rings (SSSR count). The molecule has 3 aromatic rings. The molecule has 1 amide bonds. The second-order valence-corrected chi connectivity index (χ2v) is 11.1. The van der Waals surface area contributed by atoms with Crippen LogP contribution in [0.1, 0.15) is 44.6 Å². The van der Waals surface area contributed by atoms with Gasteiger partial charge in [-0.25, -0.2) is 4.98 Å². The number of nitrogens with two attached hydrogens (primary N) is 1. The van der Waals surface area contributed by atoms with E-state index in [1.54, 1.807) is 11.3 Å². The van der Waals surface area contributed by atoms with Gasteiger partial charge in [-0.2, -0.15) is 0 Å². The summed E-state index contributed by atoms with van der Waals surface area (Å²) in [6.45, 7) is 10.1. The quantitative estimate of drug-likeness (QED) is 0.176. The highest BCUT2D eigenvalue weighted by Gasteiger charge is 2.20. The van der Waals surface area contributed by atoms with Crippen molar-refractivity contribution in [3.8, 4) is 11.3 Å². The zero-order chi connectivity index (χ0) is 26.5. The smallest absolute Gasteiger partial charge is 0.231 e. The fraction of sp³-hybridized carbons (Fsp3) is 0.407. The normalized spacial score (nSPS) is 10.7. The van der Waals surface area contributed by atoms with Crippen molar-refractivity contribution in [2.45, 2.75) is 47.1 Å². The number of thiazole rings is 1. The van der Waals surface area contributed by atoms with Crippen molar-refractivity contribution in [1.29, 1.82) is 0 Å². The number of benzene rings is 2. The Morgan fingerprint density at radius 1 is 1.14 bits per heavy atom. The fourth-order valence-electron chi connectivity index (χ4n) is 3.38. The van der Waals surface area contributed by atoms with Crippen LogP contribution >= 0.6 is 46.5 Å². The van der Waals surface area contributed by atoms with Gasteiger partial charge in [0.2, 0.25) is 5.91 Å². The number of amides is 1. The zero-order valence-corrected chi connectivity index (χ0v) is 24.5. The number of nitrogens with zero attached hydrogens (tertiary/aromatic N) is 2. The van der Waals surface area contributed by atoms with Gasteiger partial charge in [0, 0.05) is 42.2 Å². The van der Waals surface area contributed by atoms with Crippen LogP contribution in [0.25, 0.3) is 11.3 Å². The maximum Gasteiger partial charge on any atom is 0.231 e. The van der Waals surface area contributed by atoms with Gasteiger partial charge in [-0.1, -0.05) is 87.3 Å². The van der Waals surface area contributed by atoms with E-state index in [0.717, 1.165) is 28.4 Å². The maximum atomic E-state index is 12.4. The SMILES string of the molecule is CC.CC(C)Cc1sc(N(CCC(=O)NSCCN)Cc2ccccc2)nc1-c1ccc(Cl)c(Cl)c1. The van der Waals surface area contributed by atoms with Gasteiger partial charge in [-0.15, -0.1) is 11.3 Å². The van der Waals surface area contributed by atoms with Crippen LogP contribution in [0.15, 0.2) is 48.5 Å². The molecule has 0 saturated carbocycles. The second-order valence-electron chi connectivity index (χ2n) is 8.31. The molecule has 3 N–H and O–H groups in total. The molecule has 0 radical (unpaired) electrons. The van der Waals surface area contributed by atoms with Gasteiger partial charge in [0.25, 0.3) is 0 Å². The Kier molecular flexibility index (Phi) is 13.7. The fourth-order valence-corrected chi connectivity index (χ4v) is 5.48. The maximum absolute atomic E-state index is 12.4. The first-order valence-corrected chi connectivity index (χ1v) is 14.8. The molecule has 2 aromatic carbocycles. The minimum Gasteiger partial charge on any atom is -0.343 e. The Morgan fingerprint density at radius 3 is 2.50 bits per heavy atom. The lowest BCUT2D eigenvalue weighted by atomic mass is 10.0. The predicted molar refractivity (Wildman–Crippen MR) is 159 cm³/mol. The van der Waals surface area contributed by atoms with Crippen molar-refractivity contribution in [3.05, 3.63) is 69.0 Å². The zero-order valence-electron chi connectivity index (χ0n) is 21.4. The van der Waals surface area contributed by atoms with Gasteiger partial charge < -0.3 is 15.4 Å². The van der Waals surface area contributed by atoms with E-state index in [-0.39, 0.29) is 5.91 Å². The molecule has 0 fully saturated rings. The van der Waals surface area contributed by atoms with E-state index in [1.807, 2.05) is 50.2 Å². The Hall–Kier alpha value is -1.77. The van der Waals surface area contributed by atoms with Crippen LogP contribution in [-0.2, 0) is 17.8 Å². The number of carbonyl (C=O) groups excluding carboxylic acids is 1. The van der Waals surface area contributed by atoms with E-state index in [2.05, 4.69) is 35.6 Å². The van der Waals surface area contributed by atoms with E-state index >= 15 is 0 Å². The number of anilines is 1. The van der Waals surface area contributed by atoms with Gasteiger partial charge in [-0.05, 0) is 42.0 Å². The minimum atomic E-state index is -0.0137. The molecule has 0 aliphatic heterocycles. The van der Waals surface area contributed by atoms with Crippen LogP contribution in [0.3, 0.4) is 0 Å². The monoisotopic (exact) mass is 566 g/mol. The van der Waals surface area contributed by atoms with E-state index in [1.165, 1.54) is 16.8 Å². The highest BCUT2D eigenvalue weighted by atomic mass is 35.5. The molecule has 0 spiro atoms. The van der Waals surface area contributed by atoms with Crippen molar-refractivity contribution < 1.29 is 4.79 Å². The number of carbonyl (C=O) groups is 1. The second kappa shape index (κ2) is 16.2. The number of hydrogen-bond donors (Lipinski definition) is 2. The topological polar surface area (TPSA) is 71.2 Å². The molecule has 36 heavy (non-hydrogen) atoms. The van der Waals surface area contributed by atoms with Gasteiger partial charge in [0.05, 0.1) is 15.7 Å². The summed E-state index contributed by atoms with van der Waals surface area (Å²) >= 11 is 15.5. The number of rotatable bonds is 12. The lowest BCUT2D eigenvalue weighted by Crippen LogP contribution is -2.28. The van der Waals surface area contributed by atoms with Gasteiger partial charge >= 0.3 is 0 Å². The Bertz CT molecular complexity index is 1080. The third-order valence-electron chi connectivity index (χ3n) is 4.97. The molecule has 0 unspecified atom stereocenters. The Labute approximate surface area is 233 Å². The number of hydrogen-bond acceptors (Lipinski definition) is 6. The summed E-state index contributed by atoms with van der Waals surface area (Å²) in [5, 5.41) is 1.93. The average Bonchev–Trinajstić information content (AvgIpc) is 3.28. The van der Waals surface area contributed by atoms with Crippen molar-refractivity contribution in [2.24, 2.45) is 11.7 Å². The Balaban J connectivity index is 0.00000222. The lowest BCUT2D eigenvalue weighted by molar-refractivity contribution is -0.119. The van der Waals surface area contributed by atoms with E-state index in [4.69, 9.17) is 33.9 Å². The molecular weight excluding hydrogens is 531 g/mol. The molecule has 5 nitrogen and oxygen atoms in total. The summed E-state index contributed by atoms with van der Waals surface area (Å²) in [6.07, 6.45) is 1.27. The standard InChI is InChI=1S/C25H30Cl2N4OS2.C2H6/c1-17(2)14-22-24(19-8-9-20(26)21(27)15-19)29-25(34-22)31(16-18-6-4-3-5-7-18)12-10-23(32)30-33-13-11-28;1-2/h3-9,15,17H,10-14,16,28H2,1-2H3,(H,30,32);1-2H3. The molecular formula is C27H36Cl2N4OS2. The molecule has 0 aliphatic rings. The van der Waals surface area contributed by atoms with Crippen molar-refractivity contribution in [3.63, 3.8) is 0 Å². The summed E-state index contributed by atoms with van der Waals surface area (Å²) in [6, 6.07) is 15.9. The van der Waals surface area contributed by atoms with E-state index in [0.29, 0.717) is 47.8 Å². The number of aromatic nitrogens is 1. The van der Waals surface area contributed by atoms with Crippen molar-refractivity contribution in [1.82, 2.24) is 9.71 Å². The van der Waals surface area contributed by atoms with Crippen LogP contribution in [-0.4, -0.2) is 29.7 Å². The van der Waals surface area contributed by atoms with Crippen molar-refractivity contribution >= 4 is 57.5 Å². The summed E-state index contributed by atoms with van der Waals surface area (Å²) in [4.78, 5) is 20.8. The summed E-state index contributed by atoms with van der Waals surface area (Å²) < 4.78 is 2.86. The number of halogens is 2. The third-order valence-corrected chi connectivity index (χ3v) is 7.66. The molecule has 0 saturated heterocycles. The van der Waals surface area contributed by atoms with Gasteiger partial charge in [-0.3, -0.25) is 4.79 Å². The first kappa shape index (κ1) is 30.5. The van der Waals surface area contributed by atoms with E-state index in [9.17, 15) is 4.79 Å². The minimum absolute atomic E-state index is 0.0137. The highest BCUT2D eigenvalue weighted by molar-refractivity contribution is 7.97. The highest BCUT2D eigenvalue weighted by Crippen LogP contribution is 2.37. The van der Waals surface area contributed by atoms with Crippen LogP contribution in [0, 0.1) is 5.92 Å². The van der Waals surface area contributed by atoms with Gasteiger partial charge in [0.1, 0.15) is 0 Å². The molecule has 0 aliphatic carbocycles. The summed E-state index contributed by atoms with van der Waals surface area (Å²) in [5.41, 5.74) is 8.55. The molecule has 9 heteroatoms. The van der Waals surface area contributed by atoms with Crippen LogP contribution in [0.4, 0.5) is 5.13 Å². The first-order valence-electron chi connectivity index (χ1n) is 12.2. The van der Waals surface area contributed by atoms with Crippen molar-refractivity contribution in [2.75, 3.05) is 23.7 Å². The molecule has 0 atom stereocenters.